The molecule has 3 N–H and O–H groups in total. The highest BCUT2D eigenvalue weighted by atomic mass is 16.2. The highest BCUT2D eigenvalue weighted by molar-refractivity contribution is 6.06. The van der Waals surface area contributed by atoms with Gasteiger partial charge in [-0.05, 0) is 37.7 Å². The van der Waals surface area contributed by atoms with Crippen molar-refractivity contribution in [3.05, 3.63) is 47.9 Å². The van der Waals surface area contributed by atoms with Crippen LogP contribution in [0.25, 0.3) is 11.2 Å². The number of hydrogen-bond acceptors (Lipinski definition) is 6. The van der Waals surface area contributed by atoms with Crippen LogP contribution in [-0.4, -0.2) is 42.8 Å². The van der Waals surface area contributed by atoms with Crippen LogP contribution in [0, 0.1) is 5.92 Å². The minimum Gasteiger partial charge on any atom is -0.349 e. The van der Waals surface area contributed by atoms with Crippen molar-refractivity contribution in [1.29, 1.82) is 0 Å². The lowest BCUT2D eigenvalue weighted by Gasteiger charge is -2.30. The summed E-state index contributed by atoms with van der Waals surface area (Å²) in [6, 6.07) is 1.16. The fourth-order valence-electron chi connectivity index (χ4n) is 4.45. The molecule has 0 aromatic carbocycles. The number of aromatic nitrogens is 5. The zero-order valence-electron chi connectivity index (χ0n) is 17.9. The molecule has 0 radical (unpaired) electrons. The van der Waals surface area contributed by atoms with Gasteiger partial charge in [0.25, 0.3) is 5.91 Å². The molecule has 0 bridgehead atoms. The Labute approximate surface area is 185 Å². The van der Waals surface area contributed by atoms with E-state index in [0.29, 0.717) is 29.2 Å². The van der Waals surface area contributed by atoms with E-state index in [1.54, 1.807) is 24.7 Å². The maximum Gasteiger partial charge on any atom is 0.255 e. The molecule has 3 aromatic rings. The number of carbonyl (C=O) groups excluding carboxylic acids is 2. The number of H-pyrrole nitrogens is 1. The van der Waals surface area contributed by atoms with E-state index in [9.17, 15) is 9.59 Å². The lowest BCUT2D eigenvalue weighted by Crippen LogP contribution is -2.51. The smallest absolute Gasteiger partial charge is 0.255 e. The predicted molar refractivity (Wildman–Crippen MR) is 118 cm³/mol. The molecule has 3 heterocycles. The van der Waals surface area contributed by atoms with E-state index >= 15 is 0 Å². The quantitative estimate of drug-likeness (QED) is 0.526. The van der Waals surface area contributed by atoms with Crippen molar-refractivity contribution in [3.63, 3.8) is 0 Å². The highest BCUT2D eigenvalue weighted by Gasteiger charge is 2.32. The molecule has 2 fully saturated rings. The maximum atomic E-state index is 13.2. The van der Waals surface area contributed by atoms with Crippen LogP contribution >= 0.6 is 0 Å². The van der Waals surface area contributed by atoms with Crippen molar-refractivity contribution in [2.75, 3.05) is 0 Å². The number of hydrogen-bond donors (Lipinski definition) is 3. The van der Waals surface area contributed by atoms with Crippen molar-refractivity contribution in [3.8, 4) is 0 Å². The van der Waals surface area contributed by atoms with Crippen LogP contribution in [0.1, 0.15) is 72.6 Å². The number of amides is 2. The first-order valence-corrected chi connectivity index (χ1v) is 11.4. The third-order valence-electron chi connectivity index (χ3n) is 6.42. The summed E-state index contributed by atoms with van der Waals surface area (Å²) in [6.07, 6.45) is 13.9. The SMILES string of the molecule is O=C(N[C@@H](C(=O)NCc1ccncn1)C1CCCCC1)c1c[nH]c2ncc(C3CC3)nc12. The minimum absolute atomic E-state index is 0.108. The topological polar surface area (TPSA) is 126 Å². The molecule has 2 aliphatic rings. The summed E-state index contributed by atoms with van der Waals surface area (Å²) in [7, 11) is 0. The van der Waals surface area contributed by atoms with Gasteiger partial charge in [0.1, 0.15) is 17.9 Å². The second kappa shape index (κ2) is 9.02. The summed E-state index contributed by atoms with van der Waals surface area (Å²) in [5, 5.41) is 5.95. The number of aromatic amines is 1. The average Bonchev–Trinajstić information content (AvgIpc) is 3.61. The Morgan fingerprint density at radius 3 is 2.72 bits per heavy atom. The molecular weight excluding hydrogens is 406 g/mol. The molecule has 0 unspecified atom stereocenters. The van der Waals surface area contributed by atoms with Crippen molar-refractivity contribution in [2.24, 2.45) is 5.92 Å². The average molecular weight is 434 g/mol. The van der Waals surface area contributed by atoms with Crippen LogP contribution in [0.4, 0.5) is 0 Å². The number of nitrogens with zero attached hydrogens (tertiary/aromatic N) is 4. The van der Waals surface area contributed by atoms with Crippen LogP contribution in [0.15, 0.2) is 31.0 Å². The Morgan fingerprint density at radius 2 is 1.97 bits per heavy atom. The third kappa shape index (κ3) is 4.46. The summed E-state index contributed by atoms with van der Waals surface area (Å²) < 4.78 is 0. The van der Waals surface area contributed by atoms with E-state index in [-0.39, 0.29) is 17.7 Å². The molecule has 32 heavy (non-hydrogen) atoms. The van der Waals surface area contributed by atoms with Gasteiger partial charge in [-0.3, -0.25) is 9.59 Å². The van der Waals surface area contributed by atoms with Gasteiger partial charge in [0.05, 0.1) is 29.7 Å². The molecule has 2 saturated carbocycles. The van der Waals surface area contributed by atoms with Crippen molar-refractivity contribution < 1.29 is 9.59 Å². The van der Waals surface area contributed by atoms with Crippen molar-refractivity contribution in [2.45, 2.75) is 63.5 Å². The Hall–Kier alpha value is -3.36. The zero-order chi connectivity index (χ0) is 21.9. The van der Waals surface area contributed by atoms with E-state index in [4.69, 9.17) is 0 Å². The highest BCUT2D eigenvalue weighted by Crippen LogP contribution is 2.39. The molecule has 0 spiro atoms. The van der Waals surface area contributed by atoms with Crippen LogP contribution in [0.2, 0.25) is 0 Å². The molecule has 166 valence electrons. The van der Waals surface area contributed by atoms with Crippen molar-refractivity contribution in [1.82, 2.24) is 35.6 Å². The lowest BCUT2D eigenvalue weighted by atomic mass is 9.83. The van der Waals surface area contributed by atoms with Crippen LogP contribution in [0.5, 0.6) is 0 Å². The number of nitrogens with one attached hydrogen (secondary N) is 3. The molecule has 9 heteroatoms. The summed E-state index contributed by atoms with van der Waals surface area (Å²) in [5.74, 6) is 0.0661. The molecule has 3 aromatic heterocycles. The summed E-state index contributed by atoms with van der Waals surface area (Å²) in [4.78, 5) is 46.6. The van der Waals surface area contributed by atoms with Crippen LogP contribution in [-0.2, 0) is 11.3 Å². The molecular formula is C23H27N7O2. The van der Waals surface area contributed by atoms with Gasteiger partial charge in [0, 0.05) is 18.3 Å². The Bertz CT molecular complexity index is 1100. The Kier molecular flexibility index (Phi) is 5.79. The van der Waals surface area contributed by atoms with Gasteiger partial charge < -0.3 is 15.6 Å². The molecule has 9 nitrogen and oxygen atoms in total. The summed E-state index contributed by atoms with van der Waals surface area (Å²) in [5.41, 5.74) is 3.23. The lowest BCUT2D eigenvalue weighted by molar-refractivity contribution is -0.124. The Balaban J connectivity index is 1.34. The normalized spacial score (nSPS) is 17.8. The first kappa shape index (κ1) is 20.5. The maximum absolute atomic E-state index is 13.2. The van der Waals surface area contributed by atoms with Crippen molar-refractivity contribution >= 4 is 23.0 Å². The molecule has 2 aliphatic carbocycles. The molecule has 5 rings (SSSR count). The van der Waals surface area contributed by atoms with E-state index in [1.807, 2.05) is 0 Å². The largest absolute Gasteiger partial charge is 0.349 e. The van der Waals surface area contributed by atoms with E-state index in [1.165, 1.54) is 12.7 Å². The molecule has 0 aliphatic heterocycles. The number of rotatable bonds is 7. The summed E-state index contributed by atoms with van der Waals surface area (Å²) in [6.45, 7) is 0.295. The monoisotopic (exact) mass is 433 g/mol. The third-order valence-corrected chi connectivity index (χ3v) is 6.42. The minimum atomic E-state index is -0.603. The van der Waals surface area contributed by atoms with Gasteiger partial charge in [0.2, 0.25) is 5.91 Å². The first-order valence-electron chi connectivity index (χ1n) is 11.4. The van der Waals surface area contributed by atoms with E-state index in [2.05, 4.69) is 35.6 Å². The van der Waals surface area contributed by atoms with Crippen LogP contribution < -0.4 is 10.6 Å². The van der Waals surface area contributed by atoms with E-state index in [0.717, 1.165) is 49.9 Å². The first-order chi connectivity index (χ1) is 15.7. The standard InChI is InChI=1S/C23H27N7O2/c31-22(17-11-25-21-20(17)29-18(12-26-21)14-6-7-14)30-19(15-4-2-1-3-5-15)23(32)27-10-16-8-9-24-13-28-16/h8-9,11-15,19H,1-7,10H2,(H,25,26)(H,27,32)(H,30,31)/t19-/m1/s1. The van der Waals surface area contributed by atoms with Gasteiger partial charge in [-0.2, -0.15) is 0 Å². The molecule has 2 amide bonds. The second-order valence-electron chi connectivity index (χ2n) is 8.74. The number of carbonyl (C=O) groups is 2. The summed E-state index contributed by atoms with van der Waals surface area (Å²) >= 11 is 0. The second-order valence-corrected chi connectivity index (χ2v) is 8.74. The fourth-order valence-corrected chi connectivity index (χ4v) is 4.45. The zero-order valence-corrected chi connectivity index (χ0v) is 17.9. The fraction of sp³-hybridized carbons (Fsp3) is 0.478. The van der Waals surface area contributed by atoms with E-state index < -0.39 is 6.04 Å². The predicted octanol–water partition coefficient (Wildman–Crippen LogP) is 2.62. The van der Waals surface area contributed by atoms with Gasteiger partial charge in [-0.1, -0.05) is 19.3 Å². The molecule has 1 atom stereocenters. The number of fused-ring (bicyclic) bond motifs is 1. The van der Waals surface area contributed by atoms with Gasteiger partial charge >= 0.3 is 0 Å². The van der Waals surface area contributed by atoms with Gasteiger partial charge in [-0.25, -0.2) is 19.9 Å². The van der Waals surface area contributed by atoms with Crippen LogP contribution in [0.3, 0.4) is 0 Å². The Morgan fingerprint density at radius 1 is 1.12 bits per heavy atom. The molecule has 0 saturated heterocycles. The van der Waals surface area contributed by atoms with Gasteiger partial charge in [-0.15, -0.1) is 0 Å². The van der Waals surface area contributed by atoms with Gasteiger partial charge in [0.15, 0.2) is 5.65 Å².